The minimum atomic E-state index is 0.197. The minimum Gasteiger partial charge on any atom is -0.497 e. The zero-order valence-corrected chi connectivity index (χ0v) is 11.0. The van der Waals surface area contributed by atoms with Gasteiger partial charge < -0.3 is 19.8 Å². The molecule has 98 valence electrons. The van der Waals surface area contributed by atoms with Gasteiger partial charge >= 0.3 is 0 Å². The first-order valence-corrected chi connectivity index (χ1v) is 5.57. The van der Waals surface area contributed by atoms with E-state index in [1.165, 1.54) is 0 Å². The summed E-state index contributed by atoms with van der Waals surface area (Å²) in [5, 5.41) is 8.97. The molecule has 0 saturated heterocycles. The number of nitrogens with zero attached hydrogens (tertiary/aromatic N) is 3. The number of nitrogens with two attached hydrogens (primary N) is 1. The Balaban J connectivity index is 2.67. The van der Waals surface area contributed by atoms with Crippen molar-refractivity contribution < 1.29 is 9.47 Å². The molecule has 19 heavy (non-hydrogen) atoms. The second kappa shape index (κ2) is 4.90. The van der Waals surface area contributed by atoms with Crippen LogP contribution in [-0.2, 0) is 7.05 Å². The van der Waals surface area contributed by atoms with E-state index in [4.69, 9.17) is 20.5 Å². The maximum absolute atomic E-state index is 8.97. The Morgan fingerprint density at radius 2 is 2.05 bits per heavy atom. The molecule has 2 N–H and O–H groups in total. The van der Waals surface area contributed by atoms with Crippen molar-refractivity contribution in [1.29, 1.82) is 5.26 Å². The van der Waals surface area contributed by atoms with Crippen molar-refractivity contribution in [3.05, 3.63) is 23.9 Å². The number of benzene rings is 1. The summed E-state index contributed by atoms with van der Waals surface area (Å²) in [5.41, 5.74) is 6.74. The molecule has 0 amide bonds. The van der Waals surface area contributed by atoms with Crippen molar-refractivity contribution in [2.45, 2.75) is 0 Å². The van der Waals surface area contributed by atoms with Crippen molar-refractivity contribution in [2.75, 3.05) is 20.0 Å². The third-order valence-electron chi connectivity index (χ3n) is 2.89. The highest BCUT2D eigenvalue weighted by Gasteiger charge is 2.17. The predicted molar refractivity (Wildman–Crippen MR) is 70.9 cm³/mol. The number of methoxy groups -OCH3 is 2. The fraction of sp³-hybridized carbons (Fsp3) is 0.231. The molecule has 0 fully saturated rings. The molecule has 6 nitrogen and oxygen atoms in total. The molecule has 0 saturated carbocycles. The van der Waals surface area contributed by atoms with Gasteiger partial charge in [0.05, 0.1) is 19.8 Å². The van der Waals surface area contributed by atoms with Gasteiger partial charge in [-0.05, 0) is 18.2 Å². The largest absolute Gasteiger partial charge is 0.497 e. The van der Waals surface area contributed by atoms with Gasteiger partial charge in [0.2, 0.25) is 0 Å². The first-order chi connectivity index (χ1) is 9.12. The molecule has 0 spiro atoms. The Labute approximate surface area is 111 Å². The number of ether oxygens (including phenoxy) is 2. The van der Waals surface area contributed by atoms with Crippen LogP contribution >= 0.6 is 0 Å². The number of nitriles is 1. The molecule has 1 aromatic heterocycles. The van der Waals surface area contributed by atoms with E-state index in [9.17, 15) is 0 Å². The van der Waals surface area contributed by atoms with Gasteiger partial charge in [-0.3, -0.25) is 0 Å². The van der Waals surface area contributed by atoms with E-state index in [1.54, 1.807) is 44.0 Å². The lowest BCUT2D eigenvalue weighted by molar-refractivity contribution is 0.404. The van der Waals surface area contributed by atoms with Crippen molar-refractivity contribution in [2.24, 2.45) is 7.05 Å². The molecule has 0 atom stereocenters. The second-order valence-electron chi connectivity index (χ2n) is 3.91. The average Bonchev–Trinajstić information content (AvgIpc) is 2.74. The topological polar surface area (TPSA) is 86.1 Å². The van der Waals surface area contributed by atoms with Gasteiger partial charge in [0.15, 0.2) is 5.69 Å². The van der Waals surface area contributed by atoms with Crippen LogP contribution in [0.25, 0.3) is 11.4 Å². The normalized spacial score (nSPS) is 10.0. The lowest BCUT2D eigenvalue weighted by Gasteiger charge is -2.10. The van der Waals surface area contributed by atoms with Crippen LogP contribution in [0.5, 0.6) is 11.5 Å². The molecular weight excluding hydrogens is 244 g/mol. The molecule has 0 unspecified atom stereocenters. The summed E-state index contributed by atoms with van der Waals surface area (Å²) in [4.78, 5) is 4.22. The van der Waals surface area contributed by atoms with Crippen LogP contribution in [0.3, 0.4) is 0 Å². The van der Waals surface area contributed by atoms with Gasteiger partial charge in [0.1, 0.15) is 29.2 Å². The van der Waals surface area contributed by atoms with Crippen LogP contribution in [0.1, 0.15) is 5.69 Å². The van der Waals surface area contributed by atoms with Gasteiger partial charge in [-0.25, -0.2) is 4.98 Å². The van der Waals surface area contributed by atoms with E-state index < -0.39 is 0 Å². The number of hydrogen-bond donors (Lipinski definition) is 1. The number of imidazole rings is 1. The molecule has 2 aromatic rings. The molecule has 0 aliphatic carbocycles. The number of hydrogen-bond acceptors (Lipinski definition) is 5. The first kappa shape index (κ1) is 12.8. The third-order valence-corrected chi connectivity index (χ3v) is 2.89. The summed E-state index contributed by atoms with van der Waals surface area (Å²) >= 11 is 0. The van der Waals surface area contributed by atoms with Crippen LogP contribution in [0.15, 0.2) is 18.2 Å². The maximum atomic E-state index is 8.97. The Hall–Kier alpha value is -2.68. The number of anilines is 1. The summed E-state index contributed by atoms with van der Waals surface area (Å²) in [5.74, 6) is 2.20. The highest BCUT2D eigenvalue weighted by atomic mass is 16.5. The smallest absolute Gasteiger partial charge is 0.183 e. The molecule has 0 bridgehead atoms. The number of nitrogen functional groups attached to an aromatic ring is 1. The zero-order valence-electron chi connectivity index (χ0n) is 11.0. The molecule has 6 heteroatoms. The number of aromatic nitrogens is 2. The van der Waals surface area contributed by atoms with Gasteiger partial charge in [0.25, 0.3) is 0 Å². The van der Waals surface area contributed by atoms with Crippen LogP contribution in [0.2, 0.25) is 0 Å². The van der Waals surface area contributed by atoms with Crippen LogP contribution in [0.4, 0.5) is 5.82 Å². The summed E-state index contributed by atoms with van der Waals surface area (Å²) in [7, 11) is 4.90. The Bertz CT molecular complexity index is 655. The molecule has 1 aromatic carbocycles. The molecular formula is C13H14N4O2. The highest BCUT2D eigenvalue weighted by molar-refractivity contribution is 5.70. The molecule has 2 rings (SSSR count). The lowest BCUT2D eigenvalue weighted by Crippen LogP contribution is -2.00. The average molecular weight is 258 g/mol. The zero-order chi connectivity index (χ0) is 14.0. The predicted octanol–water partition coefficient (Wildman–Crippen LogP) is 1.56. The van der Waals surface area contributed by atoms with Gasteiger partial charge in [-0.2, -0.15) is 5.26 Å². The van der Waals surface area contributed by atoms with E-state index in [0.29, 0.717) is 23.1 Å². The van der Waals surface area contributed by atoms with E-state index >= 15 is 0 Å². The van der Waals surface area contributed by atoms with E-state index in [2.05, 4.69) is 4.98 Å². The van der Waals surface area contributed by atoms with Crippen molar-refractivity contribution in [1.82, 2.24) is 9.55 Å². The van der Waals surface area contributed by atoms with Gasteiger partial charge in [0, 0.05) is 7.05 Å². The fourth-order valence-electron chi connectivity index (χ4n) is 1.82. The maximum Gasteiger partial charge on any atom is 0.183 e. The second-order valence-corrected chi connectivity index (χ2v) is 3.91. The first-order valence-electron chi connectivity index (χ1n) is 5.57. The monoisotopic (exact) mass is 258 g/mol. The lowest BCUT2D eigenvalue weighted by atomic mass is 10.1. The summed E-state index contributed by atoms with van der Waals surface area (Å²) in [6, 6.07) is 7.33. The van der Waals surface area contributed by atoms with Crippen LogP contribution < -0.4 is 15.2 Å². The van der Waals surface area contributed by atoms with E-state index in [-0.39, 0.29) is 5.69 Å². The fourth-order valence-corrected chi connectivity index (χ4v) is 1.82. The third kappa shape index (κ3) is 2.06. The van der Waals surface area contributed by atoms with Gasteiger partial charge in [-0.15, -0.1) is 0 Å². The van der Waals surface area contributed by atoms with E-state index in [0.717, 1.165) is 5.56 Å². The SMILES string of the molecule is COc1ccc(OC)c(-c2nc(C#N)c(N)n2C)c1. The quantitative estimate of drug-likeness (QED) is 0.902. The van der Waals surface area contributed by atoms with Crippen LogP contribution in [0, 0.1) is 11.3 Å². The molecule has 0 radical (unpaired) electrons. The Morgan fingerprint density at radius 1 is 1.32 bits per heavy atom. The minimum absolute atomic E-state index is 0.197. The number of rotatable bonds is 3. The van der Waals surface area contributed by atoms with Gasteiger partial charge in [-0.1, -0.05) is 0 Å². The van der Waals surface area contributed by atoms with E-state index in [1.807, 2.05) is 6.07 Å². The molecule has 0 aliphatic rings. The standard InChI is InChI=1S/C13H14N4O2/c1-17-12(15)10(7-14)16-13(17)9-6-8(18-2)4-5-11(9)19-3/h4-6H,15H2,1-3H3. The summed E-state index contributed by atoms with van der Waals surface area (Å²) < 4.78 is 12.1. The Morgan fingerprint density at radius 3 is 2.58 bits per heavy atom. The highest BCUT2D eigenvalue weighted by Crippen LogP contribution is 2.33. The Kier molecular flexibility index (Phi) is 3.29. The van der Waals surface area contributed by atoms with Crippen molar-refractivity contribution >= 4 is 5.82 Å². The molecule has 1 heterocycles. The summed E-state index contributed by atoms with van der Waals surface area (Å²) in [6.07, 6.45) is 0. The molecule has 0 aliphatic heterocycles. The van der Waals surface area contributed by atoms with Crippen molar-refractivity contribution in [3.63, 3.8) is 0 Å². The van der Waals surface area contributed by atoms with Crippen molar-refractivity contribution in [3.8, 4) is 29.0 Å². The summed E-state index contributed by atoms with van der Waals surface area (Å²) in [6.45, 7) is 0. The van der Waals surface area contributed by atoms with Crippen LogP contribution in [-0.4, -0.2) is 23.8 Å².